The van der Waals surface area contributed by atoms with Gasteiger partial charge in [-0.2, -0.15) is 0 Å². The largest absolute Gasteiger partial charge is 0.490 e. The molecule has 5 nitrogen and oxygen atoms in total. The van der Waals surface area contributed by atoms with Crippen molar-refractivity contribution in [3.05, 3.63) is 18.3 Å². The van der Waals surface area contributed by atoms with Crippen LogP contribution in [0, 0.1) is 0 Å². The Kier molecular flexibility index (Phi) is 5.61. The highest BCUT2D eigenvalue weighted by Crippen LogP contribution is 2.28. The minimum Gasteiger partial charge on any atom is -0.490 e. The lowest BCUT2D eigenvalue weighted by Gasteiger charge is -2.37. The third kappa shape index (κ3) is 3.84. The molecule has 5 heteroatoms. The van der Waals surface area contributed by atoms with Crippen molar-refractivity contribution < 1.29 is 9.47 Å². The Labute approximate surface area is 121 Å². The van der Waals surface area contributed by atoms with Gasteiger partial charge in [0.2, 0.25) is 0 Å². The Hall–Kier alpha value is -1.33. The first-order valence-electron chi connectivity index (χ1n) is 7.38. The summed E-state index contributed by atoms with van der Waals surface area (Å²) in [6.07, 6.45) is 1.82. The van der Waals surface area contributed by atoms with E-state index in [4.69, 9.17) is 9.47 Å². The fourth-order valence-electron chi connectivity index (χ4n) is 2.34. The lowest BCUT2D eigenvalue weighted by Crippen LogP contribution is -2.51. The average molecular weight is 279 g/mol. The number of hydrogen-bond donors (Lipinski definition) is 1. The number of nitrogens with one attached hydrogen (secondary N) is 1. The maximum absolute atomic E-state index is 5.70. The summed E-state index contributed by atoms with van der Waals surface area (Å²) in [4.78, 5) is 6.81. The van der Waals surface area contributed by atoms with E-state index in [9.17, 15) is 0 Å². The number of ether oxygens (including phenoxy) is 2. The Morgan fingerprint density at radius 1 is 1.55 bits per heavy atom. The predicted molar refractivity (Wildman–Crippen MR) is 80.5 cm³/mol. The lowest BCUT2D eigenvalue weighted by atomic mass is 10.2. The number of anilines is 1. The first kappa shape index (κ1) is 15.1. The van der Waals surface area contributed by atoms with Crippen LogP contribution in [0.25, 0.3) is 0 Å². The second kappa shape index (κ2) is 7.45. The van der Waals surface area contributed by atoms with Crippen LogP contribution in [0.2, 0.25) is 0 Å². The molecule has 0 radical (unpaired) electrons. The molecule has 1 unspecified atom stereocenters. The van der Waals surface area contributed by atoms with Crippen molar-refractivity contribution in [2.24, 2.45) is 0 Å². The second-order valence-corrected chi connectivity index (χ2v) is 5.24. The highest BCUT2D eigenvalue weighted by molar-refractivity contribution is 5.53. The number of pyridine rings is 1. The van der Waals surface area contributed by atoms with Crippen LogP contribution in [-0.4, -0.2) is 50.0 Å². The summed E-state index contributed by atoms with van der Waals surface area (Å²) in [6, 6.07) is 4.65. The third-order valence-corrected chi connectivity index (χ3v) is 3.31. The van der Waals surface area contributed by atoms with E-state index in [2.05, 4.69) is 29.0 Å². The number of nitrogens with zero attached hydrogens (tertiary/aromatic N) is 2. The van der Waals surface area contributed by atoms with Gasteiger partial charge in [0.05, 0.1) is 25.9 Å². The molecular weight excluding hydrogens is 254 g/mol. The van der Waals surface area contributed by atoms with Crippen molar-refractivity contribution >= 4 is 5.82 Å². The highest BCUT2D eigenvalue weighted by atomic mass is 16.5. The monoisotopic (exact) mass is 279 g/mol. The number of aromatic nitrogens is 1. The summed E-state index contributed by atoms with van der Waals surface area (Å²) < 4.78 is 11.3. The van der Waals surface area contributed by atoms with E-state index in [1.807, 2.05) is 25.3 Å². The molecule has 1 aromatic rings. The van der Waals surface area contributed by atoms with Gasteiger partial charge in [-0.1, -0.05) is 13.8 Å². The first-order chi connectivity index (χ1) is 9.72. The summed E-state index contributed by atoms with van der Waals surface area (Å²) in [6.45, 7) is 10.1. The average Bonchev–Trinajstić information content (AvgIpc) is 2.46. The molecule has 1 aliphatic rings. The molecule has 1 N–H and O–H groups in total. The summed E-state index contributed by atoms with van der Waals surface area (Å²) in [7, 11) is 0. The van der Waals surface area contributed by atoms with Gasteiger partial charge in [0, 0.05) is 25.3 Å². The Morgan fingerprint density at radius 3 is 3.15 bits per heavy atom. The minimum absolute atomic E-state index is 0.292. The summed E-state index contributed by atoms with van der Waals surface area (Å²) >= 11 is 0. The van der Waals surface area contributed by atoms with Gasteiger partial charge < -0.3 is 19.7 Å². The van der Waals surface area contributed by atoms with Crippen LogP contribution in [0.5, 0.6) is 5.75 Å². The molecule has 1 fully saturated rings. The molecule has 1 atom stereocenters. The van der Waals surface area contributed by atoms with E-state index in [1.54, 1.807) is 0 Å². The molecule has 1 aliphatic heterocycles. The van der Waals surface area contributed by atoms with Gasteiger partial charge in [0.15, 0.2) is 11.6 Å². The van der Waals surface area contributed by atoms with Crippen LogP contribution in [0.15, 0.2) is 18.3 Å². The molecule has 0 amide bonds. The van der Waals surface area contributed by atoms with Crippen LogP contribution < -0.4 is 15.0 Å². The third-order valence-electron chi connectivity index (χ3n) is 3.31. The van der Waals surface area contributed by atoms with Crippen LogP contribution >= 0.6 is 0 Å². The maximum Gasteiger partial charge on any atom is 0.171 e. The van der Waals surface area contributed by atoms with Crippen LogP contribution in [0.4, 0.5) is 5.82 Å². The zero-order chi connectivity index (χ0) is 14.4. The molecular formula is C15H25N3O2. The molecule has 20 heavy (non-hydrogen) atoms. The molecule has 0 aliphatic carbocycles. The van der Waals surface area contributed by atoms with Crippen LogP contribution in [0.3, 0.4) is 0 Å². The standard InChI is InChI=1S/C15H25N3O2/c1-4-20-14-6-5-7-16-15(14)18-8-9-19-11-13(18)10-17-12(2)3/h5-7,12-13,17H,4,8-11H2,1-3H3. The van der Waals surface area contributed by atoms with Crippen molar-refractivity contribution in [2.75, 3.05) is 37.8 Å². The molecule has 2 rings (SSSR count). The van der Waals surface area contributed by atoms with E-state index in [1.165, 1.54) is 0 Å². The predicted octanol–water partition coefficient (Wildman–Crippen LogP) is 1.68. The first-order valence-corrected chi connectivity index (χ1v) is 7.38. The zero-order valence-electron chi connectivity index (χ0n) is 12.6. The van der Waals surface area contributed by atoms with Gasteiger partial charge >= 0.3 is 0 Å². The van der Waals surface area contributed by atoms with Crippen molar-refractivity contribution in [1.82, 2.24) is 10.3 Å². The summed E-state index contributed by atoms with van der Waals surface area (Å²) in [5.41, 5.74) is 0. The smallest absolute Gasteiger partial charge is 0.171 e. The molecule has 1 aromatic heterocycles. The minimum atomic E-state index is 0.292. The highest BCUT2D eigenvalue weighted by Gasteiger charge is 2.26. The normalized spacial score (nSPS) is 19.4. The fraction of sp³-hybridized carbons (Fsp3) is 0.667. The van der Waals surface area contributed by atoms with Crippen molar-refractivity contribution in [2.45, 2.75) is 32.9 Å². The molecule has 0 saturated carbocycles. The van der Waals surface area contributed by atoms with Gasteiger partial charge in [-0.3, -0.25) is 0 Å². The lowest BCUT2D eigenvalue weighted by molar-refractivity contribution is 0.0924. The van der Waals surface area contributed by atoms with Crippen LogP contribution in [0.1, 0.15) is 20.8 Å². The van der Waals surface area contributed by atoms with E-state index >= 15 is 0 Å². The number of rotatable bonds is 6. The van der Waals surface area contributed by atoms with Gasteiger partial charge in [-0.05, 0) is 19.1 Å². The van der Waals surface area contributed by atoms with Crippen molar-refractivity contribution in [1.29, 1.82) is 0 Å². The van der Waals surface area contributed by atoms with Gasteiger partial charge in [0.25, 0.3) is 0 Å². The topological polar surface area (TPSA) is 46.6 Å². The zero-order valence-corrected chi connectivity index (χ0v) is 12.6. The van der Waals surface area contributed by atoms with Gasteiger partial charge in [0.1, 0.15) is 0 Å². The molecule has 0 aromatic carbocycles. The van der Waals surface area contributed by atoms with E-state index in [0.717, 1.165) is 37.9 Å². The van der Waals surface area contributed by atoms with Gasteiger partial charge in [-0.15, -0.1) is 0 Å². The SMILES string of the molecule is CCOc1cccnc1N1CCOCC1CNC(C)C. The Bertz CT molecular complexity index is 412. The Balaban J connectivity index is 2.14. The summed E-state index contributed by atoms with van der Waals surface area (Å²) in [5.74, 6) is 1.78. The van der Waals surface area contributed by atoms with E-state index in [0.29, 0.717) is 18.7 Å². The molecule has 0 spiro atoms. The second-order valence-electron chi connectivity index (χ2n) is 5.24. The Morgan fingerprint density at radius 2 is 2.40 bits per heavy atom. The molecule has 0 bridgehead atoms. The molecule has 2 heterocycles. The molecule has 1 saturated heterocycles. The maximum atomic E-state index is 5.70. The number of hydrogen-bond acceptors (Lipinski definition) is 5. The summed E-state index contributed by atoms with van der Waals surface area (Å²) in [5, 5.41) is 3.48. The quantitative estimate of drug-likeness (QED) is 0.858. The fourth-order valence-corrected chi connectivity index (χ4v) is 2.34. The number of morpholine rings is 1. The van der Waals surface area contributed by atoms with Crippen molar-refractivity contribution in [3.8, 4) is 5.75 Å². The van der Waals surface area contributed by atoms with Crippen molar-refractivity contribution in [3.63, 3.8) is 0 Å². The van der Waals surface area contributed by atoms with E-state index in [-0.39, 0.29) is 0 Å². The molecule has 112 valence electrons. The van der Waals surface area contributed by atoms with Gasteiger partial charge in [-0.25, -0.2) is 4.98 Å². The van der Waals surface area contributed by atoms with E-state index < -0.39 is 0 Å². The van der Waals surface area contributed by atoms with Crippen LogP contribution in [-0.2, 0) is 4.74 Å².